The van der Waals surface area contributed by atoms with Gasteiger partial charge in [-0.15, -0.1) is 11.3 Å². The van der Waals surface area contributed by atoms with Gasteiger partial charge in [-0.25, -0.2) is 4.79 Å². The number of hydrogen-bond acceptors (Lipinski definition) is 4. The highest BCUT2D eigenvalue weighted by Gasteiger charge is 2.13. The Morgan fingerprint density at radius 1 is 1.32 bits per heavy atom. The van der Waals surface area contributed by atoms with Gasteiger partial charge in [-0.3, -0.25) is 14.3 Å². The molecule has 19 heavy (non-hydrogen) atoms. The number of aromatic amines is 1. The van der Waals surface area contributed by atoms with E-state index in [1.54, 1.807) is 10.8 Å². The number of nitrogens with zero attached hydrogens (tertiary/aromatic N) is 1. The van der Waals surface area contributed by atoms with Gasteiger partial charge in [0, 0.05) is 25.4 Å². The van der Waals surface area contributed by atoms with Gasteiger partial charge in [0.05, 0.1) is 10.9 Å². The van der Waals surface area contributed by atoms with Gasteiger partial charge < -0.3 is 4.74 Å². The highest BCUT2D eigenvalue weighted by Crippen LogP contribution is 2.13. The summed E-state index contributed by atoms with van der Waals surface area (Å²) in [7, 11) is -1.13. The van der Waals surface area contributed by atoms with E-state index in [0.29, 0.717) is 17.5 Å². The van der Waals surface area contributed by atoms with Gasteiger partial charge in [0.15, 0.2) is 0 Å². The maximum absolute atomic E-state index is 11.8. The highest BCUT2D eigenvalue weighted by molar-refractivity contribution is 7.09. The van der Waals surface area contributed by atoms with Crippen molar-refractivity contribution >= 4 is 30.3 Å². The molecule has 1 N–H and O–H groups in total. The van der Waals surface area contributed by atoms with Gasteiger partial charge in [-0.05, 0) is 6.04 Å². The fourth-order valence-electron chi connectivity index (χ4n) is 1.67. The first-order valence-electron chi connectivity index (χ1n) is 6.15. The average molecular weight is 298 g/mol. The van der Waals surface area contributed by atoms with Crippen molar-refractivity contribution in [2.75, 3.05) is 6.61 Å². The molecule has 7 heteroatoms. The lowest BCUT2D eigenvalue weighted by atomic mass is 10.4. The second-order valence-corrected chi connectivity index (χ2v) is 12.1. The van der Waals surface area contributed by atoms with E-state index in [-0.39, 0.29) is 12.3 Å². The SMILES string of the molecule is C[Si](C)(C)CCOCn1c(=O)[nH]c(=O)c2cscc21. The molecule has 0 bridgehead atoms. The first-order chi connectivity index (χ1) is 8.88. The van der Waals surface area contributed by atoms with Crippen LogP contribution >= 0.6 is 11.3 Å². The van der Waals surface area contributed by atoms with Crippen LogP contribution in [0.5, 0.6) is 0 Å². The summed E-state index contributed by atoms with van der Waals surface area (Å²) in [5.74, 6) is 0. The molecular formula is C12H18N2O3SSi. The van der Waals surface area contributed by atoms with Crippen molar-refractivity contribution in [2.24, 2.45) is 0 Å². The molecule has 0 aliphatic rings. The summed E-state index contributed by atoms with van der Waals surface area (Å²) >= 11 is 1.40. The molecule has 2 rings (SSSR count). The molecule has 0 fully saturated rings. The molecule has 104 valence electrons. The van der Waals surface area contributed by atoms with E-state index in [9.17, 15) is 9.59 Å². The Morgan fingerprint density at radius 3 is 2.74 bits per heavy atom. The molecule has 0 aromatic carbocycles. The third kappa shape index (κ3) is 3.43. The normalized spacial score (nSPS) is 12.2. The molecule has 0 saturated heterocycles. The van der Waals surface area contributed by atoms with Gasteiger partial charge >= 0.3 is 5.69 Å². The van der Waals surface area contributed by atoms with Crippen molar-refractivity contribution in [3.63, 3.8) is 0 Å². The molecule has 2 aromatic heterocycles. The number of aromatic nitrogens is 2. The first-order valence-corrected chi connectivity index (χ1v) is 10.8. The lowest BCUT2D eigenvalue weighted by Crippen LogP contribution is -2.31. The number of fused-ring (bicyclic) bond motifs is 1. The Balaban J connectivity index is 2.15. The summed E-state index contributed by atoms with van der Waals surface area (Å²) in [6.07, 6.45) is 0. The lowest BCUT2D eigenvalue weighted by molar-refractivity contribution is 0.0869. The van der Waals surface area contributed by atoms with Crippen molar-refractivity contribution in [1.82, 2.24) is 9.55 Å². The smallest absolute Gasteiger partial charge is 0.330 e. The van der Waals surface area contributed by atoms with Crippen LogP contribution in [0.25, 0.3) is 10.9 Å². The Kier molecular flexibility index (Phi) is 4.07. The van der Waals surface area contributed by atoms with Gasteiger partial charge in [-0.1, -0.05) is 19.6 Å². The Hall–Kier alpha value is -1.18. The largest absolute Gasteiger partial charge is 0.361 e. The van der Waals surface area contributed by atoms with Crippen molar-refractivity contribution < 1.29 is 4.74 Å². The van der Waals surface area contributed by atoms with Crippen LogP contribution in [0.4, 0.5) is 0 Å². The number of rotatable bonds is 5. The molecular weight excluding hydrogens is 280 g/mol. The summed E-state index contributed by atoms with van der Waals surface area (Å²) in [5.41, 5.74) is -0.102. The van der Waals surface area contributed by atoms with Crippen molar-refractivity contribution in [2.45, 2.75) is 32.4 Å². The fourth-order valence-corrected chi connectivity index (χ4v) is 3.24. The van der Waals surface area contributed by atoms with E-state index < -0.39 is 13.8 Å². The van der Waals surface area contributed by atoms with E-state index in [0.717, 1.165) is 6.04 Å². The maximum atomic E-state index is 11.8. The summed E-state index contributed by atoms with van der Waals surface area (Å²) in [5, 5.41) is 4.08. The minimum Gasteiger partial charge on any atom is -0.361 e. The van der Waals surface area contributed by atoms with Crippen LogP contribution in [0.15, 0.2) is 20.3 Å². The summed E-state index contributed by atoms with van der Waals surface area (Å²) < 4.78 is 7.04. The third-order valence-corrected chi connectivity index (χ3v) is 5.29. The van der Waals surface area contributed by atoms with Crippen LogP contribution < -0.4 is 11.2 Å². The van der Waals surface area contributed by atoms with Crippen LogP contribution in [0.2, 0.25) is 25.7 Å². The predicted octanol–water partition coefficient (Wildman–Crippen LogP) is 2.06. The minimum absolute atomic E-state index is 0.188. The lowest BCUT2D eigenvalue weighted by Gasteiger charge is -2.15. The van der Waals surface area contributed by atoms with Gasteiger partial charge in [0.2, 0.25) is 0 Å². The second-order valence-electron chi connectivity index (χ2n) is 5.71. The van der Waals surface area contributed by atoms with E-state index >= 15 is 0 Å². The van der Waals surface area contributed by atoms with E-state index in [2.05, 4.69) is 24.6 Å². The number of H-pyrrole nitrogens is 1. The topological polar surface area (TPSA) is 64.1 Å². The Bertz CT molecular complexity index is 681. The molecule has 5 nitrogen and oxygen atoms in total. The van der Waals surface area contributed by atoms with Crippen LogP contribution in [0.1, 0.15) is 0 Å². The molecule has 0 aliphatic heterocycles. The van der Waals surface area contributed by atoms with Gasteiger partial charge in [-0.2, -0.15) is 0 Å². The standard InChI is InChI=1S/C12H18N2O3SSi/c1-19(2,3)5-4-17-8-14-10-7-18-6-9(10)11(15)13-12(14)16/h6-7H,4-5,8H2,1-3H3,(H,13,15,16). The number of nitrogens with one attached hydrogen (secondary N) is 1. The van der Waals surface area contributed by atoms with Gasteiger partial charge in [0.1, 0.15) is 6.73 Å². The first kappa shape index (κ1) is 14.2. The summed E-state index contributed by atoms with van der Waals surface area (Å²) in [6, 6.07) is 1.05. The predicted molar refractivity (Wildman–Crippen MR) is 80.8 cm³/mol. The van der Waals surface area contributed by atoms with E-state index in [4.69, 9.17) is 4.74 Å². The van der Waals surface area contributed by atoms with Crippen molar-refractivity contribution in [3.8, 4) is 0 Å². The third-order valence-electron chi connectivity index (χ3n) is 2.86. The molecule has 2 aromatic rings. The fraction of sp³-hybridized carbons (Fsp3) is 0.500. The second kappa shape index (κ2) is 5.44. The summed E-state index contributed by atoms with van der Waals surface area (Å²) in [6.45, 7) is 7.67. The molecule has 0 unspecified atom stereocenters. The highest BCUT2D eigenvalue weighted by atomic mass is 32.1. The Morgan fingerprint density at radius 2 is 2.05 bits per heavy atom. The zero-order valence-electron chi connectivity index (χ0n) is 11.4. The molecule has 2 heterocycles. The quantitative estimate of drug-likeness (QED) is 0.679. The van der Waals surface area contributed by atoms with Crippen LogP contribution in [0.3, 0.4) is 0 Å². The molecule has 0 saturated carbocycles. The number of thiophene rings is 1. The van der Waals surface area contributed by atoms with Crippen molar-refractivity contribution in [3.05, 3.63) is 31.6 Å². The monoisotopic (exact) mass is 298 g/mol. The van der Waals surface area contributed by atoms with Crippen LogP contribution in [-0.2, 0) is 11.5 Å². The van der Waals surface area contributed by atoms with Crippen molar-refractivity contribution in [1.29, 1.82) is 0 Å². The maximum Gasteiger partial charge on any atom is 0.330 e. The molecule has 0 aliphatic carbocycles. The Labute approximate surface area is 115 Å². The zero-order chi connectivity index (χ0) is 14.0. The van der Waals surface area contributed by atoms with E-state index in [1.807, 2.05) is 0 Å². The van der Waals surface area contributed by atoms with Crippen LogP contribution in [0, 0.1) is 0 Å². The molecule has 0 spiro atoms. The molecule has 0 amide bonds. The van der Waals surface area contributed by atoms with Gasteiger partial charge in [0.25, 0.3) is 5.56 Å². The molecule has 0 radical (unpaired) electrons. The van der Waals surface area contributed by atoms with Crippen LogP contribution in [-0.4, -0.2) is 24.2 Å². The number of ether oxygens (including phenoxy) is 1. The minimum atomic E-state index is -1.13. The molecule has 0 atom stereocenters. The summed E-state index contributed by atoms with van der Waals surface area (Å²) in [4.78, 5) is 25.7. The number of hydrogen-bond donors (Lipinski definition) is 1. The van der Waals surface area contributed by atoms with E-state index in [1.165, 1.54) is 15.9 Å². The average Bonchev–Trinajstić information content (AvgIpc) is 2.75. The zero-order valence-corrected chi connectivity index (χ0v) is 13.2.